The number of hydrogen-bond donors (Lipinski definition) is 0. The topological polar surface area (TPSA) is 0 Å². The van der Waals surface area contributed by atoms with Crippen molar-refractivity contribution >= 4 is 117 Å². The van der Waals surface area contributed by atoms with Gasteiger partial charge >= 0.3 is 20.4 Å². The number of hydrogen-bond acceptors (Lipinski definition) is 0. The third-order valence-corrected chi connectivity index (χ3v) is 12.9. The smallest absolute Gasteiger partial charge is 1.00 e. The van der Waals surface area contributed by atoms with Crippen molar-refractivity contribution < 1.29 is 45.2 Å². The Morgan fingerprint density at radius 3 is 0.447 bits per heavy atom. The quantitative estimate of drug-likeness (QED) is 0.167. The fraction of sp³-hybridized carbons (Fsp3) is 0. The summed E-state index contributed by atoms with van der Waals surface area (Å²) >= 11 is 36.1. The molecule has 244 valence electrons. The van der Waals surface area contributed by atoms with Crippen LogP contribution >= 0.6 is 85.4 Å². The molecule has 0 atom stereocenters. The van der Waals surface area contributed by atoms with E-state index in [1.54, 1.807) is 0 Å². The van der Waals surface area contributed by atoms with Crippen LogP contribution in [0.1, 0.15) is 0 Å². The van der Waals surface area contributed by atoms with Crippen LogP contribution < -0.4 is 56.6 Å². The molecule has 11 heteroatoms. The minimum atomic E-state index is -0.659. The third-order valence-electron chi connectivity index (χ3n) is 6.51. The summed E-state index contributed by atoms with van der Waals surface area (Å²) in [6.07, 6.45) is 0. The summed E-state index contributed by atoms with van der Waals surface area (Å²) in [5, 5.41) is 11.9. The predicted molar refractivity (Wildman–Crippen MR) is 200 cm³/mol. The SMILES string of the molecule is Clc1ccc(P(c2ccc(Cl)cc2)c2ccc(Cl)cc2)cc1.Clc1ccc(P(c2ccc(Cl)cc2)c2ccc(Cl)cc2)cc1.[Cl-].[Cl-].[Pd+2]. The minimum absolute atomic E-state index is 0. The van der Waals surface area contributed by atoms with Crippen LogP contribution in [-0.4, -0.2) is 0 Å². The zero-order chi connectivity index (χ0) is 31.1. The average molecular weight is 909 g/mol. The van der Waals surface area contributed by atoms with Gasteiger partial charge in [-0.15, -0.1) is 0 Å². The first-order valence-electron chi connectivity index (χ1n) is 13.4. The molecule has 0 N–H and O–H groups in total. The number of rotatable bonds is 6. The predicted octanol–water partition coefficient (Wildman–Crippen LogP) is 4.82. The molecule has 0 aliphatic rings. The molecule has 6 aromatic carbocycles. The number of halogens is 8. The molecule has 0 heterocycles. The van der Waals surface area contributed by atoms with Gasteiger partial charge in [0, 0.05) is 30.1 Å². The summed E-state index contributed by atoms with van der Waals surface area (Å²) in [6, 6.07) is 48.1. The van der Waals surface area contributed by atoms with E-state index in [1.807, 2.05) is 72.8 Å². The van der Waals surface area contributed by atoms with E-state index in [0.29, 0.717) is 0 Å². The van der Waals surface area contributed by atoms with Gasteiger partial charge in [-0.2, -0.15) is 0 Å². The molecule has 0 unspecified atom stereocenters. The Morgan fingerprint density at radius 1 is 0.234 bits per heavy atom. The van der Waals surface area contributed by atoms with Crippen LogP contribution in [0.3, 0.4) is 0 Å². The Balaban J connectivity index is 0.000000307. The maximum absolute atomic E-state index is 6.02. The van der Waals surface area contributed by atoms with Crippen LogP contribution in [0.15, 0.2) is 146 Å². The second kappa shape index (κ2) is 20.7. The second-order valence-electron chi connectivity index (χ2n) is 9.53. The van der Waals surface area contributed by atoms with Gasteiger partial charge in [0.15, 0.2) is 0 Å². The maximum atomic E-state index is 6.02. The third kappa shape index (κ3) is 12.2. The van der Waals surface area contributed by atoms with Crippen molar-refractivity contribution in [3.63, 3.8) is 0 Å². The molecule has 0 aromatic heterocycles. The minimum Gasteiger partial charge on any atom is -1.00 e. The van der Waals surface area contributed by atoms with Crippen LogP contribution in [0, 0.1) is 0 Å². The van der Waals surface area contributed by atoms with Crippen LogP contribution in [0.5, 0.6) is 0 Å². The molecule has 47 heavy (non-hydrogen) atoms. The summed E-state index contributed by atoms with van der Waals surface area (Å²) in [5.74, 6) is 0. The first-order valence-corrected chi connectivity index (χ1v) is 18.4. The molecule has 6 aromatic rings. The van der Waals surface area contributed by atoms with Gasteiger partial charge in [0.2, 0.25) is 0 Å². The zero-order valence-corrected chi connectivity index (χ0v) is 33.5. The molecule has 0 aliphatic heterocycles. The fourth-order valence-electron chi connectivity index (χ4n) is 4.44. The largest absolute Gasteiger partial charge is 2.00 e. The summed E-state index contributed by atoms with van der Waals surface area (Å²) in [7, 11) is -1.32. The Kier molecular flexibility index (Phi) is 18.7. The maximum Gasteiger partial charge on any atom is 2.00 e. The summed E-state index contributed by atoms with van der Waals surface area (Å²) in [6.45, 7) is 0. The van der Waals surface area contributed by atoms with Crippen molar-refractivity contribution in [3.05, 3.63) is 176 Å². The summed E-state index contributed by atoms with van der Waals surface area (Å²) in [5.41, 5.74) is 0. The molecule has 0 radical (unpaired) electrons. The van der Waals surface area contributed by atoms with Gasteiger partial charge in [-0.3, -0.25) is 0 Å². The van der Waals surface area contributed by atoms with Crippen molar-refractivity contribution in [1.29, 1.82) is 0 Å². The molecule has 0 fully saturated rings. The van der Waals surface area contributed by atoms with Gasteiger partial charge in [0.25, 0.3) is 0 Å². The van der Waals surface area contributed by atoms with E-state index < -0.39 is 15.8 Å². The molecule has 0 aliphatic carbocycles. The number of benzene rings is 6. The Bertz CT molecular complexity index is 1430. The van der Waals surface area contributed by atoms with E-state index in [4.69, 9.17) is 69.6 Å². The molecule has 0 saturated carbocycles. The zero-order valence-electron chi connectivity index (χ0n) is 24.1. The van der Waals surface area contributed by atoms with Gasteiger partial charge in [-0.25, -0.2) is 0 Å². The molecule has 0 nitrogen and oxygen atoms in total. The van der Waals surface area contributed by atoms with Crippen molar-refractivity contribution in [2.45, 2.75) is 0 Å². The van der Waals surface area contributed by atoms with E-state index in [9.17, 15) is 0 Å². The first kappa shape index (κ1) is 42.3. The van der Waals surface area contributed by atoms with E-state index in [1.165, 1.54) is 31.8 Å². The van der Waals surface area contributed by atoms with Crippen molar-refractivity contribution in [3.8, 4) is 0 Å². The van der Waals surface area contributed by atoms with Gasteiger partial charge in [0.05, 0.1) is 0 Å². The second-order valence-corrected chi connectivity index (χ2v) is 16.6. The molecular weight excluding hydrogens is 884 g/mol. The van der Waals surface area contributed by atoms with Crippen LogP contribution in [0.25, 0.3) is 0 Å². The van der Waals surface area contributed by atoms with E-state index in [2.05, 4.69) is 72.8 Å². The first-order chi connectivity index (χ1) is 21.3. The van der Waals surface area contributed by atoms with Crippen LogP contribution in [0.2, 0.25) is 30.1 Å². The van der Waals surface area contributed by atoms with Gasteiger partial charge < -0.3 is 24.8 Å². The van der Waals surface area contributed by atoms with Crippen LogP contribution in [-0.2, 0) is 20.4 Å². The normalized spacial score (nSPS) is 10.2. The van der Waals surface area contributed by atoms with E-state index >= 15 is 0 Å². The van der Waals surface area contributed by atoms with Crippen molar-refractivity contribution in [2.75, 3.05) is 0 Å². The molecule has 0 saturated heterocycles. The van der Waals surface area contributed by atoms with Gasteiger partial charge in [0.1, 0.15) is 0 Å². The van der Waals surface area contributed by atoms with E-state index in [0.717, 1.165) is 30.1 Å². The average Bonchev–Trinajstić information content (AvgIpc) is 3.03. The molecule has 0 spiro atoms. The standard InChI is InChI=1S/2C18H12Cl3P.2ClH.Pd/c2*19-13-1-7-16(8-2-13)22(17-9-3-14(20)4-10-17)18-11-5-15(21)6-12-18;;;/h2*1-12H;2*1H;/q;;;;+2/p-2. The van der Waals surface area contributed by atoms with Gasteiger partial charge in [-0.1, -0.05) is 142 Å². The monoisotopic (exact) mass is 904 g/mol. The molecule has 0 amide bonds. The van der Waals surface area contributed by atoms with Crippen LogP contribution in [0.4, 0.5) is 0 Å². The molecule has 0 bridgehead atoms. The fourth-order valence-corrected chi connectivity index (χ4v) is 9.66. The summed E-state index contributed by atoms with van der Waals surface area (Å²) in [4.78, 5) is 0. The van der Waals surface area contributed by atoms with Crippen molar-refractivity contribution in [2.24, 2.45) is 0 Å². The van der Waals surface area contributed by atoms with E-state index in [-0.39, 0.29) is 45.2 Å². The molecule has 6 rings (SSSR count). The Morgan fingerprint density at radius 2 is 0.340 bits per heavy atom. The van der Waals surface area contributed by atoms with Crippen molar-refractivity contribution in [1.82, 2.24) is 0 Å². The Labute approximate surface area is 335 Å². The molecular formula is C36H24Cl8P2Pd. The summed E-state index contributed by atoms with van der Waals surface area (Å²) < 4.78 is 0. The van der Waals surface area contributed by atoms with Gasteiger partial charge in [-0.05, 0) is 120 Å². The Hall–Kier alpha value is -0.838.